The molecule has 10 nitrogen and oxygen atoms in total. The highest BCUT2D eigenvalue weighted by molar-refractivity contribution is 5.85. The molecule has 1 aromatic carbocycles. The first-order valence-corrected chi connectivity index (χ1v) is 11.4. The Morgan fingerprint density at radius 1 is 1.03 bits per heavy atom. The summed E-state index contributed by atoms with van der Waals surface area (Å²) in [5.41, 5.74) is 14.4. The van der Waals surface area contributed by atoms with Crippen molar-refractivity contribution in [2.45, 2.75) is 13.0 Å². The third kappa shape index (κ3) is 4.79. The largest absolute Gasteiger partial charge is 0.392 e. The van der Waals surface area contributed by atoms with Gasteiger partial charge in [0.1, 0.15) is 17.2 Å². The summed E-state index contributed by atoms with van der Waals surface area (Å²) in [6, 6.07) is 15.1. The van der Waals surface area contributed by atoms with E-state index in [4.69, 9.17) is 15.7 Å². The Morgan fingerprint density at radius 3 is 2.51 bits per heavy atom. The number of fused-ring (bicyclic) bond motifs is 1. The zero-order valence-electron chi connectivity index (χ0n) is 19.9. The third-order valence-corrected chi connectivity index (χ3v) is 5.94. The van der Waals surface area contributed by atoms with Crippen LogP contribution in [0.3, 0.4) is 0 Å². The molecule has 1 fully saturated rings. The van der Waals surface area contributed by atoms with Crippen molar-refractivity contribution >= 4 is 28.7 Å². The number of hydrogen-bond donors (Lipinski definition) is 3. The summed E-state index contributed by atoms with van der Waals surface area (Å²) in [5.74, 6) is 1.81. The lowest BCUT2D eigenvalue weighted by Gasteiger charge is -2.21. The van der Waals surface area contributed by atoms with Crippen LogP contribution in [0.4, 0.5) is 11.6 Å². The van der Waals surface area contributed by atoms with E-state index in [-0.39, 0.29) is 19.1 Å². The fraction of sp³-hybridized carbons (Fsp3) is 0.280. The molecule has 0 unspecified atom stereocenters. The minimum Gasteiger partial charge on any atom is -0.392 e. The molecule has 0 aliphatic carbocycles. The highest BCUT2D eigenvalue weighted by atomic mass is 16.3. The molecule has 0 radical (unpaired) electrons. The number of carbonyl (C=O) groups excluding carboxylic acids is 1. The quantitative estimate of drug-likeness (QED) is 0.407. The van der Waals surface area contributed by atoms with E-state index < -0.39 is 0 Å². The summed E-state index contributed by atoms with van der Waals surface area (Å²) in [6.45, 7) is 1.73. The van der Waals surface area contributed by atoms with Crippen LogP contribution in [0.25, 0.3) is 28.2 Å². The van der Waals surface area contributed by atoms with Gasteiger partial charge >= 0.3 is 0 Å². The van der Waals surface area contributed by atoms with Crippen LogP contribution < -0.4 is 16.4 Å². The van der Waals surface area contributed by atoms with Gasteiger partial charge in [0, 0.05) is 32.0 Å². The first-order valence-electron chi connectivity index (χ1n) is 11.4. The maximum atomic E-state index is 12.4. The van der Waals surface area contributed by atoms with Crippen LogP contribution in [0, 0.1) is 0 Å². The Kier molecular flexibility index (Phi) is 7.23. The molecule has 1 saturated heterocycles. The average Bonchev–Trinajstić information content (AvgIpc) is 3.18. The van der Waals surface area contributed by atoms with E-state index in [1.54, 1.807) is 11.1 Å². The Bertz CT molecular complexity index is 1320. The summed E-state index contributed by atoms with van der Waals surface area (Å²) < 4.78 is 1.94. The van der Waals surface area contributed by atoms with Crippen molar-refractivity contribution in [2.75, 3.05) is 44.4 Å². The number of amides is 1. The molecule has 0 saturated carbocycles. The number of aromatic nitrogens is 4. The third-order valence-electron chi connectivity index (χ3n) is 5.94. The molecule has 0 bridgehead atoms. The molecule has 4 aromatic rings. The van der Waals surface area contributed by atoms with Crippen molar-refractivity contribution in [3.05, 3.63) is 60.3 Å². The summed E-state index contributed by atoms with van der Waals surface area (Å²) in [6.07, 6.45) is 2.52. The molecule has 1 amide bonds. The first kappa shape index (κ1) is 24.1. The van der Waals surface area contributed by atoms with Crippen LogP contribution in [-0.4, -0.2) is 69.2 Å². The van der Waals surface area contributed by atoms with Gasteiger partial charge in [-0.05, 0) is 55.4 Å². The van der Waals surface area contributed by atoms with Gasteiger partial charge in [-0.3, -0.25) is 9.36 Å². The minimum absolute atomic E-state index is 0.0345. The number of nitrogen functional groups attached to an aromatic ring is 1. The lowest BCUT2D eigenvalue weighted by molar-refractivity contribution is -0.127. The van der Waals surface area contributed by atoms with Crippen LogP contribution in [-0.2, 0) is 11.4 Å². The van der Waals surface area contributed by atoms with E-state index >= 15 is 0 Å². The zero-order chi connectivity index (χ0) is 24.9. The Labute approximate surface area is 203 Å². The molecule has 3 aromatic heterocycles. The van der Waals surface area contributed by atoms with Gasteiger partial charge in [-0.1, -0.05) is 12.1 Å². The molecule has 182 valence electrons. The zero-order valence-corrected chi connectivity index (χ0v) is 19.9. The van der Waals surface area contributed by atoms with E-state index in [0.29, 0.717) is 28.4 Å². The molecule has 5 N–H and O–H groups in total. The minimum atomic E-state index is -0.0345. The van der Waals surface area contributed by atoms with Crippen molar-refractivity contribution in [3.8, 4) is 17.1 Å². The average molecular weight is 475 g/mol. The van der Waals surface area contributed by atoms with Crippen molar-refractivity contribution in [1.82, 2.24) is 24.4 Å². The van der Waals surface area contributed by atoms with E-state index in [2.05, 4.69) is 10.7 Å². The SMILES string of the molecule is CN.CN1CCCN(c2ccc3nc(-c4cccnc4N)n(-c4ccc(CO)cc4)c3n2)CC1=O. The molecule has 4 heterocycles. The molecular formula is C25H30N8O2. The number of pyridine rings is 2. The van der Waals surface area contributed by atoms with Gasteiger partial charge in [-0.2, -0.15) is 0 Å². The number of aliphatic hydroxyl groups is 1. The standard InChI is InChI=1S/C24H25N7O2.CH5N/c1-29-12-3-13-30(14-21(29)33)20-10-9-19-24(28-20)31(17-7-5-16(15-32)6-8-17)23(27-19)18-4-2-11-26-22(18)25;1-2/h2,4-11,32H,3,12-15H2,1H3,(H2,25,26);2H2,1H3. The van der Waals surface area contributed by atoms with Gasteiger partial charge in [0.05, 0.1) is 18.7 Å². The number of hydrogen-bond acceptors (Lipinski definition) is 8. The Morgan fingerprint density at radius 2 is 1.80 bits per heavy atom. The molecule has 0 spiro atoms. The number of benzene rings is 1. The topological polar surface area (TPSA) is 139 Å². The summed E-state index contributed by atoms with van der Waals surface area (Å²) in [5, 5.41) is 9.45. The van der Waals surface area contributed by atoms with Crippen LogP contribution in [0.2, 0.25) is 0 Å². The van der Waals surface area contributed by atoms with Crippen molar-refractivity contribution in [3.63, 3.8) is 0 Å². The fourth-order valence-electron chi connectivity index (χ4n) is 4.09. The maximum absolute atomic E-state index is 12.4. The Balaban J connectivity index is 0.00000141. The summed E-state index contributed by atoms with van der Waals surface area (Å²) in [7, 11) is 3.33. The normalized spacial score (nSPS) is 14.0. The number of aliphatic hydroxyl groups excluding tert-OH is 1. The van der Waals surface area contributed by atoms with Crippen LogP contribution in [0.5, 0.6) is 0 Å². The fourth-order valence-corrected chi connectivity index (χ4v) is 4.09. The smallest absolute Gasteiger partial charge is 0.241 e. The second kappa shape index (κ2) is 10.5. The lowest BCUT2D eigenvalue weighted by atomic mass is 10.2. The predicted molar refractivity (Wildman–Crippen MR) is 137 cm³/mol. The van der Waals surface area contributed by atoms with Gasteiger partial charge in [-0.25, -0.2) is 15.0 Å². The van der Waals surface area contributed by atoms with Crippen molar-refractivity contribution < 1.29 is 9.90 Å². The first-order chi connectivity index (χ1) is 17.0. The van der Waals surface area contributed by atoms with Gasteiger partial charge < -0.3 is 26.4 Å². The number of nitrogens with two attached hydrogens (primary N) is 2. The second-order valence-corrected chi connectivity index (χ2v) is 8.13. The lowest BCUT2D eigenvalue weighted by Crippen LogP contribution is -2.34. The van der Waals surface area contributed by atoms with Gasteiger partial charge in [0.25, 0.3) is 0 Å². The monoisotopic (exact) mass is 474 g/mol. The maximum Gasteiger partial charge on any atom is 0.241 e. The molecule has 1 aliphatic rings. The predicted octanol–water partition coefficient (Wildman–Crippen LogP) is 1.80. The number of rotatable bonds is 4. The van der Waals surface area contributed by atoms with E-state index in [9.17, 15) is 9.90 Å². The number of likely N-dealkylation sites (N-methyl/N-ethyl adjacent to an activating group) is 1. The van der Waals surface area contributed by atoms with Gasteiger partial charge in [-0.15, -0.1) is 0 Å². The van der Waals surface area contributed by atoms with Crippen LogP contribution >= 0.6 is 0 Å². The highest BCUT2D eigenvalue weighted by Gasteiger charge is 2.23. The number of imidazole rings is 1. The van der Waals surface area contributed by atoms with Crippen LogP contribution in [0.1, 0.15) is 12.0 Å². The van der Waals surface area contributed by atoms with E-state index in [1.165, 1.54) is 7.05 Å². The number of carbonyl (C=O) groups is 1. The van der Waals surface area contributed by atoms with E-state index in [1.807, 2.05) is 65.0 Å². The van der Waals surface area contributed by atoms with Crippen LogP contribution in [0.15, 0.2) is 54.7 Å². The second-order valence-electron chi connectivity index (χ2n) is 8.13. The van der Waals surface area contributed by atoms with Gasteiger partial charge in [0.15, 0.2) is 11.5 Å². The van der Waals surface area contributed by atoms with Crippen molar-refractivity contribution in [1.29, 1.82) is 0 Å². The summed E-state index contributed by atoms with van der Waals surface area (Å²) >= 11 is 0. The van der Waals surface area contributed by atoms with Gasteiger partial charge in [0.2, 0.25) is 5.91 Å². The van der Waals surface area contributed by atoms with Crippen molar-refractivity contribution in [2.24, 2.45) is 5.73 Å². The summed E-state index contributed by atoms with van der Waals surface area (Å²) in [4.78, 5) is 30.2. The molecule has 5 rings (SSSR count). The van der Waals surface area contributed by atoms with E-state index in [0.717, 1.165) is 36.6 Å². The molecule has 35 heavy (non-hydrogen) atoms. The molecule has 10 heteroatoms. The molecule has 1 aliphatic heterocycles. The number of nitrogens with zero attached hydrogens (tertiary/aromatic N) is 6. The molecule has 0 atom stereocenters. The molecular weight excluding hydrogens is 444 g/mol. The highest BCUT2D eigenvalue weighted by Crippen LogP contribution is 2.31. The number of anilines is 2. The Hall–Kier alpha value is -4.02.